The van der Waals surface area contributed by atoms with E-state index >= 15 is 0 Å². The average molecular weight is 295 g/mol. The first-order valence-corrected chi connectivity index (χ1v) is 7.04. The van der Waals surface area contributed by atoms with Gasteiger partial charge < -0.3 is 25.4 Å². The van der Waals surface area contributed by atoms with E-state index in [0.717, 1.165) is 0 Å². The van der Waals surface area contributed by atoms with Crippen LogP contribution in [0.1, 0.15) is 13.3 Å². The molecule has 0 fully saturated rings. The van der Waals surface area contributed by atoms with E-state index in [9.17, 15) is 14.7 Å². The second kappa shape index (κ2) is 11.0. The van der Waals surface area contributed by atoms with Crippen LogP contribution in [0, 0.1) is 0 Å². The van der Waals surface area contributed by atoms with Crippen molar-refractivity contribution in [2.75, 3.05) is 31.3 Å². The van der Waals surface area contributed by atoms with E-state index in [2.05, 4.69) is 4.74 Å². The number of aliphatic carboxylic acids is 1. The summed E-state index contributed by atoms with van der Waals surface area (Å²) in [5.74, 6) is -0.373. The summed E-state index contributed by atoms with van der Waals surface area (Å²) >= 11 is 1.42. The second-order valence-electron chi connectivity index (χ2n) is 3.88. The van der Waals surface area contributed by atoms with Gasteiger partial charge >= 0.3 is 11.9 Å². The van der Waals surface area contributed by atoms with Crippen LogP contribution >= 0.6 is 11.8 Å². The summed E-state index contributed by atoms with van der Waals surface area (Å²) in [6.45, 7) is 1.88. The van der Waals surface area contributed by atoms with Crippen LogP contribution in [0.25, 0.3) is 0 Å². The topological polar surface area (TPSA) is 119 Å². The maximum atomic E-state index is 10.4. The Bertz CT molecular complexity index is 276. The molecule has 7 nitrogen and oxygen atoms in total. The molecule has 0 aromatic rings. The zero-order valence-corrected chi connectivity index (χ0v) is 11.7. The van der Waals surface area contributed by atoms with Crippen LogP contribution in [-0.4, -0.2) is 65.6 Å². The van der Waals surface area contributed by atoms with E-state index < -0.39 is 18.1 Å². The Morgan fingerprint density at radius 2 is 2.05 bits per heavy atom. The number of thioether (sulfide) groups is 1. The van der Waals surface area contributed by atoms with E-state index in [1.54, 1.807) is 0 Å². The largest absolute Gasteiger partial charge is 0.480 e. The summed E-state index contributed by atoms with van der Waals surface area (Å²) in [5.41, 5.74) is 5.33. The molecule has 0 heterocycles. The third kappa shape index (κ3) is 12.0. The van der Waals surface area contributed by atoms with Crippen LogP contribution in [0.2, 0.25) is 0 Å². The predicted molar refractivity (Wildman–Crippen MR) is 71.0 cm³/mol. The molecule has 0 saturated heterocycles. The Hall–Kier alpha value is -0.830. The maximum absolute atomic E-state index is 10.4. The number of hydrogen-bond acceptors (Lipinski definition) is 7. The number of esters is 1. The lowest BCUT2D eigenvalue weighted by Crippen LogP contribution is -2.30. The minimum absolute atomic E-state index is 0.152. The van der Waals surface area contributed by atoms with Gasteiger partial charge in [0.25, 0.3) is 0 Å². The highest BCUT2D eigenvalue weighted by molar-refractivity contribution is 7.99. The Labute approximate surface area is 116 Å². The van der Waals surface area contributed by atoms with E-state index in [1.165, 1.54) is 18.7 Å². The predicted octanol–water partition coefficient (Wildman–Crippen LogP) is -0.538. The summed E-state index contributed by atoms with van der Waals surface area (Å²) in [6.07, 6.45) is -0.275. The van der Waals surface area contributed by atoms with Crippen molar-refractivity contribution >= 4 is 23.7 Å². The molecule has 2 atom stereocenters. The monoisotopic (exact) mass is 295 g/mol. The number of aliphatic hydroxyl groups is 1. The Balaban J connectivity index is 3.37. The number of carboxylic acids is 1. The second-order valence-corrected chi connectivity index (χ2v) is 5.03. The molecule has 112 valence electrons. The smallest absolute Gasteiger partial charge is 0.320 e. The van der Waals surface area contributed by atoms with Gasteiger partial charge in [-0.25, -0.2) is 0 Å². The molecule has 4 N–H and O–H groups in total. The van der Waals surface area contributed by atoms with Crippen molar-refractivity contribution in [3.63, 3.8) is 0 Å². The van der Waals surface area contributed by atoms with Gasteiger partial charge in [-0.3, -0.25) is 9.59 Å². The number of carboxylic acid groups (broad SMARTS) is 1. The SMILES string of the molecule is CC(=O)OCCOCC(O)CSCCC(N)C(=O)O. The molecule has 19 heavy (non-hydrogen) atoms. The highest BCUT2D eigenvalue weighted by Crippen LogP contribution is 2.06. The van der Waals surface area contributed by atoms with E-state index in [1.807, 2.05) is 0 Å². The van der Waals surface area contributed by atoms with Crippen molar-refractivity contribution < 1.29 is 29.3 Å². The van der Waals surface area contributed by atoms with E-state index in [-0.39, 0.29) is 25.8 Å². The summed E-state index contributed by atoms with van der Waals surface area (Å²) in [6, 6.07) is -0.857. The van der Waals surface area contributed by atoms with Crippen LogP contribution in [-0.2, 0) is 19.1 Å². The van der Waals surface area contributed by atoms with Crippen LogP contribution in [0.3, 0.4) is 0 Å². The van der Waals surface area contributed by atoms with Gasteiger partial charge in [-0.1, -0.05) is 0 Å². The summed E-state index contributed by atoms with van der Waals surface area (Å²) in [4.78, 5) is 20.9. The van der Waals surface area contributed by atoms with Crippen molar-refractivity contribution in [1.29, 1.82) is 0 Å². The number of carbonyl (C=O) groups excluding carboxylic acids is 1. The quantitative estimate of drug-likeness (QED) is 0.343. The zero-order chi connectivity index (χ0) is 14.7. The van der Waals surface area contributed by atoms with Crippen molar-refractivity contribution in [1.82, 2.24) is 0 Å². The molecule has 8 heteroatoms. The van der Waals surface area contributed by atoms with Crippen molar-refractivity contribution in [2.24, 2.45) is 5.73 Å². The molecule has 0 spiro atoms. The number of ether oxygens (including phenoxy) is 2. The molecule has 0 aromatic carbocycles. The molecule has 0 saturated carbocycles. The molecule has 0 radical (unpaired) electrons. The molecule has 0 bridgehead atoms. The third-order valence-corrected chi connectivity index (χ3v) is 3.19. The van der Waals surface area contributed by atoms with Crippen LogP contribution in [0.15, 0.2) is 0 Å². The number of rotatable bonds is 11. The minimum atomic E-state index is -1.02. The molecule has 0 aliphatic rings. The number of carbonyl (C=O) groups is 2. The Morgan fingerprint density at radius 3 is 2.63 bits per heavy atom. The first-order valence-electron chi connectivity index (χ1n) is 5.88. The first-order chi connectivity index (χ1) is 8.93. The van der Waals surface area contributed by atoms with Gasteiger partial charge in [-0.15, -0.1) is 0 Å². The highest BCUT2D eigenvalue weighted by atomic mass is 32.2. The van der Waals surface area contributed by atoms with E-state index in [0.29, 0.717) is 17.9 Å². The van der Waals surface area contributed by atoms with Gasteiger partial charge in [0.2, 0.25) is 0 Å². The fourth-order valence-electron chi connectivity index (χ4n) is 1.06. The van der Waals surface area contributed by atoms with Crippen LogP contribution in [0.4, 0.5) is 0 Å². The molecule has 0 amide bonds. The number of hydrogen-bond donors (Lipinski definition) is 3. The maximum Gasteiger partial charge on any atom is 0.320 e. The molecule has 0 aliphatic heterocycles. The van der Waals surface area contributed by atoms with Gasteiger partial charge in [-0.2, -0.15) is 11.8 Å². The van der Waals surface area contributed by atoms with Crippen molar-refractivity contribution in [2.45, 2.75) is 25.5 Å². The molecule has 0 aliphatic carbocycles. The molecule has 2 unspecified atom stereocenters. The van der Waals surface area contributed by atoms with Gasteiger partial charge in [0.05, 0.1) is 19.3 Å². The fraction of sp³-hybridized carbons (Fsp3) is 0.818. The van der Waals surface area contributed by atoms with Crippen LogP contribution in [0.5, 0.6) is 0 Å². The molecule has 0 rings (SSSR count). The lowest BCUT2D eigenvalue weighted by Gasteiger charge is -2.11. The lowest BCUT2D eigenvalue weighted by atomic mass is 10.2. The summed E-state index contributed by atoms with van der Waals surface area (Å²) in [7, 11) is 0. The fourth-order valence-corrected chi connectivity index (χ4v) is 2.02. The van der Waals surface area contributed by atoms with Gasteiger partial charge in [0.1, 0.15) is 12.6 Å². The zero-order valence-electron chi connectivity index (χ0n) is 10.9. The van der Waals surface area contributed by atoms with E-state index in [4.69, 9.17) is 15.6 Å². The summed E-state index contributed by atoms with van der Waals surface area (Å²) < 4.78 is 9.75. The van der Waals surface area contributed by atoms with Gasteiger partial charge in [-0.05, 0) is 12.2 Å². The molecular weight excluding hydrogens is 274 g/mol. The van der Waals surface area contributed by atoms with Crippen LogP contribution < -0.4 is 5.73 Å². The van der Waals surface area contributed by atoms with Gasteiger partial charge in [0, 0.05) is 12.7 Å². The Kier molecular flexibility index (Phi) is 10.6. The minimum Gasteiger partial charge on any atom is -0.480 e. The average Bonchev–Trinajstić information content (AvgIpc) is 2.33. The normalized spacial score (nSPS) is 13.8. The Morgan fingerprint density at radius 1 is 1.37 bits per heavy atom. The lowest BCUT2D eigenvalue weighted by molar-refractivity contribution is -0.142. The third-order valence-electron chi connectivity index (χ3n) is 2.04. The molecular formula is C11H21NO6S. The summed E-state index contributed by atoms with van der Waals surface area (Å²) in [5, 5.41) is 18.1. The van der Waals surface area contributed by atoms with Gasteiger partial charge in [0.15, 0.2) is 0 Å². The highest BCUT2D eigenvalue weighted by Gasteiger charge is 2.11. The van der Waals surface area contributed by atoms with Crippen molar-refractivity contribution in [3.05, 3.63) is 0 Å². The van der Waals surface area contributed by atoms with Crippen molar-refractivity contribution in [3.8, 4) is 0 Å². The number of aliphatic hydroxyl groups excluding tert-OH is 1. The number of nitrogens with two attached hydrogens (primary N) is 1. The first kappa shape index (κ1) is 18.2. The standard InChI is InChI=1S/C11H21NO6S/c1-8(13)18-4-3-17-6-9(14)7-19-5-2-10(12)11(15)16/h9-10,14H,2-7,12H2,1H3,(H,15,16). The molecule has 0 aromatic heterocycles.